The number of rotatable bonds is 8. The highest BCUT2D eigenvalue weighted by Gasteiger charge is 2.20. The summed E-state index contributed by atoms with van der Waals surface area (Å²) in [5.41, 5.74) is 3.15. The zero-order valence-electron chi connectivity index (χ0n) is 18.2. The standard InChI is InChI=1S/C25H20N4O5/c1-32-21-10-16-11-22(24-28-13-23(34-24)25(30)31)33-20(16)12-19(21)29(14-17-6-2-4-8-26-17)15-18-7-3-5-9-27-18/h2-13H,14-15H2,1H3,(H,30,31). The topological polar surface area (TPSA) is 115 Å². The molecule has 0 unspecified atom stereocenters. The lowest BCUT2D eigenvalue weighted by Crippen LogP contribution is -2.23. The Balaban J connectivity index is 1.56. The molecule has 4 aromatic heterocycles. The Kier molecular flexibility index (Phi) is 5.65. The van der Waals surface area contributed by atoms with Crippen molar-refractivity contribution in [2.45, 2.75) is 13.1 Å². The molecule has 0 bridgehead atoms. The molecule has 0 saturated heterocycles. The molecular weight excluding hydrogens is 436 g/mol. The SMILES string of the molecule is COc1cc2cc(-c3ncc(C(=O)O)o3)oc2cc1N(Cc1ccccn1)Cc1ccccn1. The third-order valence-electron chi connectivity index (χ3n) is 5.24. The van der Waals surface area contributed by atoms with Gasteiger partial charge in [0.15, 0.2) is 5.76 Å². The van der Waals surface area contributed by atoms with Gasteiger partial charge in [0, 0.05) is 23.8 Å². The average molecular weight is 456 g/mol. The number of oxazole rings is 1. The molecule has 0 radical (unpaired) electrons. The number of carboxylic acids is 1. The highest BCUT2D eigenvalue weighted by atomic mass is 16.5. The first-order valence-corrected chi connectivity index (χ1v) is 10.5. The van der Waals surface area contributed by atoms with E-state index in [1.807, 2.05) is 48.5 Å². The smallest absolute Gasteiger partial charge is 0.373 e. The molecule has 0 aliphatic carbocycles. The maximum atomic E-state index is 11.1. The van der Waals surface area contributed by atoms with E-state index in [0.29, 0.717) is 30.2 Å². The molecule has 1 N–H and O–H groups in total. The lowest BCUT2D eigenvalue weighted by atomic mass is 10.1. The molecule has 0 atom stereocenters. The van der Waals surface area contributed by atoms with Crippen molar-refractivity contribution >= 4 is 22.6 Å². The van der Waals surface area contributed by atoms with Crippen molar-refractivity contribution in [2.75, 3.05) is 12.0 Å². The number of ether oxygens (including phenoxy) is 1. The van der Waals surface area contributed by atoms with Gasteiger partial charge in [-0.25, -0.2) is 9.78 Å². The van der Waals surface area contributed by atoms with Gasteiger partial charge in [0.1, 0.15) is 11.3 Å². The van der Waals surface area contributed by atoms with Crippen LogP contribution in [0.2, 0.25) is 0 Å². The fourth-order valence-electron chi connectivity index (χ4n) is 3.66. The third-order valence-corrected chi connectivity index (χ3v) is 5.24. The number of furan rings is 1. The van der Waals surface area contributed by atoms with E-state index in [4.69, 9.17) is 18.7 Å². The molecule has 9 nitrogen and oxygen atoms in total. The van der Waals surface area contributed by atoms with Gasteiger partial charge >= 0.3 is 5.97 Å². The van der Waals surface area contributed by atoms with Crippen LogP contribution >= 0.6 is 0 Å². The number of hydrogen-bond donors (Lipinski definition) is 1. The molecule has 9 heteroatoms. The molecule has 0 aliphatic rings. The number of pyridine rings is 2. The molecule has 34 heavy (non-hydrogen) atoms. The third kappa shape index (κ3) is 4.31. The summed E-state index contributed by atoms with van der Waals surface area (Å²) in [6.07, 6.45) is 4.67. The Morgan fingerprint density at radius 2 is 1.68 bits per heavy atom. The van der Waals surface area contributed by atoms with Gasteiger partial charge in [-0.1, -0.05) is 12.1 Å². The van der Waals surface area contributed by atoms with Gasteiger partial charge in [-0.05, 0) is 36.4 Å². The number of fused-ring (bicyclic) bond motifs is 1. The molecule has 1 aromatic carbocycles. The zero-order chi connectivity index (χ0) is 23.5. The van der Waals surface area contributed by atoms with Crippen LogP contribution in [0.1, 0.15) is 21.9 Å². The highest BCUT2D eigenvalue weighted by Crippen LogP contribution is 2.38. The van der Waals surface area contributed by atoms with Gasteiger partial charge < -0.3 is 23.6 Å². The predicted molar refractivity (Wildman–Crippen MR) is 124 cm³/mol. The largest absolute Gasteiger partial charge is 0.495 e. The van der Waals surface area contributed by atoms with Crippen molar-refractivity contribution in [1.29, 1.82) is 0 Å². The lowest BCUT2D eigenvalue weighted by Gasteiger charge is -2.26. The van der Waals surface area contributed by atoms with E-state index in [0.717, 1.165) is 28.7 Å². The zero-order valence-corrected chi connectivity index (χ0v) is 18.2. The van der Waals surface area contributed by atoms with Gasteiger partial charge in [0.25, 0.3) is 5.89 Å². The minimum atomic E-state index is -1.20. The summed E-state index contributed by atoms with van der Waals surface area (Å²) in [4.78, 5) is 26.2. The van der Waals surface area contributed by atoms with Crippen LogP contribution in [0.15, 0.2) is 82.0 Å². The summed E-state index contributed by atoms with van der Waals surface area (Å²) in [5.74, 6) is -0.398. The Bertz CT molecular complexity index is 1390. The van der Waals surface area contributed by atoms with Gasteiger partial charge in [0.2, 0.25) is 5.76 Å². The van der Waals surface area contributed by atoms with E-state index in [1.54, 1.807) is 25.6 Å². The number of anilines is 1. The molecule has 0 aliphatic heterocycles. The van der Waals surface area contributed by atoms with E-state index in [-0.39, 0.29) is 11.7 Å². The fraction of sp³-hybridized carbons (Fsp3) is 0.120. The van der Waals surface area contributed by atoms with Crippen molar-refractivity contribution in [1.82, 2.24) is 15.0 Å². The molecule has 0 amide bonds. The van der Waals surface area contributed by atoms with Crippen LogP contribution in [-0.2, 0) is 13.1 Å². The lowest BCUT2D eigenvalue weighted by molar-refractivity contribution is 0.0663. The number of hydrogen-bond acceptors (Lipinski definition) is 8. The summed E-state index contributed by atoms with van der Waals surface area (Å²) in [6, 6.07) is 17.1. The number of aromatic carboxylic acids is 1. The van der Waals surface area contributed by atoms with Crippen LogP contribution in [0.5, 0.6) is 5.75 Å². The molecule has 0 saturated carbocycles. The Morgan fingerprint density at radius 3 is 2.24 bits per heavy atom. The van der Waals surface area contributed by atoms with Crippen LogP contribution in [0, 0.1) is 0 Å². The van der Waals surface area contributed by atoms with Crippen molar-refractivity contribution < 1.29 is 23.5 Å². The Morgan fingerprint density at radius 1 is 0.971 bits per heavy atom. The van der Waals surface area contributed by atoms with Gasteiger partial charge in [-0.2, -0.15) is 0 Å². The van der Waals surface area contributed by atoms with Crippen LogP contribution in [0.4, 0.5) is 5.69 Å². The minimum Gasteiger partial charge on any atom is -0.495 e. The first kappa shape index (κ1) is 21.2. The molecule has 4 heterocycles. The van der Waals surface area contributed by atoms with Crippen molar-refractivity contribution in [3.8, 4) is 17.4 Å². The molecule has 170 valence electrons. The van der Waals surface area contributed by atoms with Crippen molar-refractivity contribution in [3.63, 3.8) is 0 Å². The second-order valence-corrected chi connectivity index (χ2v) is 7.51. The van der Waals surface area contributed by atoms with E-state index in [2.05, 4.69) is 19.9 Å². The summed E-state index contributed by atoms with van der Waals surface area (Å²) in [6.45, 7) is 1.04. The van der Waals surface area contributed by atoms with Gasteiger partial charge in [-0.15, -0.1) is 0 Å². The number of nitrogens with zero attached hydrogens (tertiary/aromatic N) is 4. The quantitative estimate of drug-likeness (QED) is 0.352. The Hall–Kier alpha value is -4.66. The average Bonchev–Trinajstić information content (AvgIpc) is 3.51. The Labute approximate surface area is 194 Å². The van der Waals surface area contributed by atoms with E-state index in [1.165, 1.54) is 0 Å². The minimum absolute atomic E-state index is 0.0907. The molecular formula is C25H20N4O5. The van der Waals surface area contributed by atoms with Crippen LogP contribution < -0.4 is 9.64 Å². The van der Waals surface area contributed by atoms with Crippen molar-refractivity contribution in [2.24, 2.45) is 0 Å². The number of aromatic nitrogens is 3. The maximum Gasteiger partial charge on any atom is 0.373 e. The highest BCUT2D eigenvalue weighted by molar-refractivity contribution is 5.88. The first-order valence-electron chi connectivity index (χ1n) is 10.5. The molecule has 0 spiro atoms. The number of carbonyl (C=O) groups is 1. The van der Waals surface area contributed by atoms with Gasteiger partial charge in [-0.3, -0.25) is 9.97 Å². The summed E-state index contributed by atoms with van der Waals surface area (Å²) >= 11 is 0. The molecule has 5 aromatic rings. The summed E-state index contributed by atoms with van der Waals surface area (Å²) < 4.78 is 17.0. The van der Waals surface area contributed by atoms with Crippen LogP contribution in [0.3, 0.4) is 0 Å². The monoisotopic (exact) mass is 456 g/mol. The van der Waals surface area contributed by atoms with E-state index in [9.17, 15) is 4.79 Å². The maximum absolute atomic E-state index is 11.1. The van der Waals surface area contributed by atoms with Crippen LogP contribution in [0.25, 0.3) is 22.6 Å². The van der Waals surface area contributed by atoms with Crippen LogP contribution in [-0.4, -0.2) is 33.1 Å². The number of benzene rings is 1. The first-order chi connectivity index (χ1) is 16.6. The van der Waals surface area contributed by atoms with Gasteiger partial charge in [0.05, 0.1) is 43.5 Å². The van der Waals surface area contributed by atoms with E-state index < -0.39 is 5.97 Å². The molecule has 5 rings (SSSR count). The number of carboxylic acid groups (broad SMARTS) is 1. The summed E-state index contributed by atoms with van der Waals surface area (Å²) in [5, 5.41) is 9.86. The normalized spacial score (nSPS) is 11.0. The predicted octanol–water partition coefficient (Wildman–Crippen LogP) is 4.79. The van der Waals surface area contributed by atoms with Crippen molar-refractivity contribution in [3.05, 3.63) is 90.3 Å². The number of methoxy groups -OCH3 is 1. The fourth-order valence-corrected chi connectivity index (χ4v) is 3.66. The second-order valence-electron chi connectivity index (χ2n) is 7.51. The molecule has 0 fully saturated rings. The van der Waals surface area contributed by atoms with E-state index >= 15 is 0 Å². The second kappa shape index (κ2) is 9.07. The summed E-state index contributed by atoms with van der Waals surface area (Å²) in [7, 11) is 1.61.